The van der Waals surface area contributed by atoms with Crippen LogP contribution in [0.4, 0.5) is 0 Å². The minimum absolute atomic E-state index is 0.0454. The van der Waals surface area contributed by atoms with Crippen molar-refractivity contribution in [3.05, 3.63) is 0 Å². The van der Waals surface area contributed by atoms with E-state index in [0.717, 1.165) is 24.5 Å². The Kier molecular flexibility index (Phi) is 4.33. The second kappa shape index (κ2) is 5.59. The van der Waals surface area contributed by atoms with Crippen molar-refractivity contribution in [2.45, 2.75) is 37.8 Å². The molecule has 0 aromatic carbocycles. The van der Waals surface area contributed by atoms with E-state index >= 15 is 0 Å². The Morgan fingerprint density at radius 1 is 1.59 bits per heavy atom. The molecule has 2 N–H and O–H groups in total. The molecular weight excluding hydrogens is 236 g/mol. The van der Waals surface area contributed by atoms with Crippen LogP contribution in [0.2, 0.25) is 0 Å². The Labute approximate surface area is 107 Å². The number of thioether (sulfide) groups is 1. The number of carbonyl (C=O) groups excluding carboxylic acids is 1. The first kappa shape index (κ1) is 13.2. The molecule has 1 amide bonds. The lowest BCUT2D eigenvalue weighted by Crippen LogP contribution is -2.46. The molecule has 4 nitrogen and oxygen atoms in total. The van der Waals surface area contributed by atoms with Gasteiger partial charge in [-0.1, -0.05) is 6.92 Å². The van der Waals surface area contributed by atoms with Crippen molar-refractivity contribution >= 4 is 17.7 Å². The summed E-state index contributed by atoms with van der Waals surface area (Å²) in [5.74, 6) is 1.78. The zero-order valence-corrected chi connectivity index (χ0v) is 11.3. The molecule has 2 rings (SSSR count). The number of nitrogens with zero attached hydrogens (tertiary/aromatic N) is 1. The summed E-state index contributed by atoms with van der Waals surface area (Å²) >= 11 is 1.75. The molecule has 1 heterocycles. The molecule has 1 aliphatic heterocycles. The van der Waals surface area contributed by atoms with Crippen LogP contribution in [-0.2, 0) is 4.79 Å². The number of likely N-dealkylation sites (N-methyl/N-ethyl adjacent to an activating group) is 1. The molecule has 1 aliphatic carbocycles. The van der Waals surface area contributed by atoms with Gasteiger partial charge in [-0.15, -0.1) is 0 Å². The van der Waals surface area contributed by atoms with E-state index in [0.29, 0.717) is 19.1 Å². The summed E-state index contributed by atoms with van der Waals surface area (Å²) in [5.41, 5.74) is -0.670. The fourth-order valence-corrected chi connectivity index (χ4v) is 3.47. The van der Waals surface area contributed by atoms with Gasteiger partial charge >= 0.3 is 0 Å². The molecule has 0 aromatic heterocycles. The van der Waals surface area contributed by atoms with E-state index in [9.17, 15) is 9.90 Å². The average molecular weight is 258 g/mol. The Morgan fingerprint density at radius 2 is 2.35 bits per heavy atom. The molecule has 1 atom stereocenters. The standard InChI is InChI=1S/C12H22N2O2S/c1-2-14(10-3-4-10)7-11(15)13-8-12(16)5-6-17-9-12/h10,16H,2-9H2,1H3,(H,13,15). The zero-order chi connectivity index (χ0) is 12.3. The summed E-state index contributed by atoms with van der Waals surface area (Å²) in [5, 5.41) is 13.0. The molecule has 2 fully saturated rings. The monoisotopic (exact) mass is 258 g/mol. The molecule has 1 saturated heterocycles. The SMILES string of the molecule is CCN(CC(=O)NCC1(O)CCSC1)C1CC1. The summed E-state index contributed by atoms with van der Waals surface area (Å²) in [4.78, 5) is 14.0. The van der Waals surface area contributed by atoms with E-state index in [4.69, 9.17) is 0 Å². The predicted octanol–water partition coefficient (Wildman–Crippen LogP) is 0.455. The van der Waals surface area contributed by atoms with Gasteiger partial charge in [-0.05, 0) is 31.6 Å². The topological polar surface area (TPSA) is 52.6 Å². The average Bonchev–Trinajstić information content (AvgIpc) is 3.07. The third kappa shape index (κ3) is 3.86. The first-order chi connectivity index (χ1) is 8.13. The highest BCUT2D eigenvalue weighted by atomic mass is 32.2. The summed E-state index contributed by atoms with van der Waals surface area (Å²) in [6.07, 6.45) is 3.24. The van der Waals surface area contributed by atoms with Crippen LogP contribution in [0, 0.1) is 0 Å². The van der Waals surface area contributed by atoms with Crippen molar-refractivity contribution in [3.63, 3.8) is 0 Å². The van der Waals surface area contributed by atoms with Crippen molar-refractivity contribution in [2.24, 2.45) is 0 Å². The molecule has 2 aliphatic rings. The largest absolute Gasteiger partial charge is 0.387 e. The highest BCUT2D eigenvalue weighted by molar-refractivity contribution is 7.99. The van der Waals surface area contributed by atoms with Crippen molar-refractivity contribution in [3.8, 4) is 0 Å². The van der Waals surface area contributed by atoms with Crippen molar-refractivity contribution in [2.75, 3.05) is 31.1 Å². The summed E-state index contributed by atoms with van der Waals surface area (Å²) in [6, 6.07) is 0.621. The second-order valence-corrected chi connectivity index (χ2v) is 6.20. The highest BCUT2D eigenvalue weighted by Gasteiger charge is 2.33. The number of hydrogen-bond donors (Lipinski definition) is 2. The maximum atomic E-state index is 11.8. The minimum Gasteiger partial charge on any atom is -0.387 e. The van der Waals surface area contributed by atoms with Crippen LogP contribution >= 0.6 is 11.8 Å². The predicted molar refractivity (Wildman–Crippen MR) is 70.2 cm³/mol. The van der Waals surface area contributed by atoms with E-state index in [1.54, 1.807) is 11.8 Å². The lowest BCUT2D eigenvalue weighted by Gasteiger charge is -2.23. The van der Waals surface area contributed by atoms with Gasteiger partial charge in [0.2, 0.25) is 5.91 Å². The number of aliphatic hydroxyl groups is 1. The van der Waals surface area contributed by atoms with Gasteiger partial charge in [0, 0.05) is 18.3 Å². The van der Waals surface area contributed by atoms with Crippen LogP contribution in [0.25, 0.3) is 0 Å². The number of rotatable bonds is 6. The molecular formula is C12H22N2O2S. The molecule has 1 unspecified atom stereocenters. The van der Waals surface area contributed by atoms with Crippen molar-refractivity contribution in [1.82, 2.24) is 10.2 Å². The highest BCUT2D eigenvalue weighted by Crippen LogP contribution is 2.27. The summed E-state index contributed by atoms with van der Waals surface area (Å²) in [7, 11) is 0. The first-order valence-corrected chi connectivity index (χ1v) is 7.59. The molecule has 17 heavy (non-hydrogen) atoms. The van der Waals surface area contributed by atoms with Gasteiger partial charge in [-0.3, -0.25) is 9.69 Å². The quantitative estimate of drug-likeness (QED) is 0.726. The van der Waals surface area contributed by atoms with Gasteiger partial charge < -0.3 is 10.4 Å². The molecule has 98 valence electrons. The van der Waals surface area contributed by atoms with Crippen molar-refractivity contribution in [1.29, 1.82) is 0 Å². The van der Waals surface area contributed by atoms with Gasteiger partial charge in [0.1, 0.15) is 0 Å². The fourth-order valence-electron chi connectivity index (χ4n) is 2.18. The summed E-state index contributed by atoms with van der Waals surface area (Å²) in [6.45, 7) is 3.90. The number of hydrogen-bond acceptors (Lipinski definition) is 4. The van der Waals surface area contributed by atoms with Crippen LogP contribution in [0.15, 0.2) is 0 Å². The molecule has 5 heteroatoms. The van der Waals surface area contributed by atoms with E-state index in [2.05, 4.69) is 17.1 Å². The first-order valence-electron chi connectivity index (χ1n) is 6.44. The van der Waals surface area contributed by atoms with Gasteiger partial charge in [-0.25, -0.2) is 0 Å². The summed E-state index contributed by atoms with van der Waals surface area (Å²) < 4.78 is 0. The van der Waals surface area contributed by atoms with Crippen LogP contribution < -0.4 is 5.32 Å². The number of amides is 1. The fraction of sp³-hybridized carbons (Fsp3) is 0.917. The Hall–Kier alpha value is -0.260. The molecule has 0 spiro atoms. The van der Waals surface area contributed by atoms with E-state index in [1.807, 2.05) is 0 Å². The lowest BCUT2D eigenvalue weighted by molar-refractivity contribution is -0.123. The van der Waals surface area contributed by atoms with Gasteiger partial charge in [0.15, 0.2) is 0 Å². The maximum Gasteiger partial charge on any atom is 0.234 e. The normalized spacial score (nSPS) is 28.6. The Bertz CT molecular complexity index is 276. The molecule has 0 bridgehead atoms. The van der Waals surface area contributed by atoms with Crippen molar-refractivity contribution < 1.29 is 9.90 Å². The maximum absolute atomic E-state index is 11.8. The zero-order valence-electron chi connectivity index (χ0n) is 10.4. The van der Waals surface area contributed by atoms with Gasteiger partial charge in [-0.2, -0.15) is 11.8 Å². The van der Waals surface area contributed by atoms with Crippen LogP contribution in [0.3, 0.4) is 0 Å². The third-order valence-electron chi connectivity index (χ3n) is 3.51. The van der Waals surface area contributed by atoms with Crippen LogP contribution in [-0.4, -0.2) is 58.7 Å². The van der Waals surface area contributed by atoms with Crippen LogP contribution in [0.5, 0.6) is 0 Å². The van der Waals surface area contributed by atoms with Gasteiger partial charge in [0.25, 0.3) is 0 Å². The smallest absolute Gasteiger partial charge is 0.234 e. The third-order valence-corrected chi connectivity index (χ3v) is 4.75. The number of nitrogens with one attached hydrogen (secondary N) is 1. The Morgan fingerprint density at radius 3 is 2.88 bits per heavy atom. The molecule has 0 radical (unpaired) electrons. The molecule has 1 saturated carbocycles. The minimum atomic E-state index is -0.670. The van der Waals surface area contributed by atoms with E-state index in [1.165, 1.54) is 12.8 Å². The van der Waals surface area contributed by atoms with E-state index < -0.39 is 5.60 Å². The van der Waals surface area contributed by atoms with Crippen LogP contribution in [0.1, 0.15) is 26.2 Å². The van der Waals surface area contributed by atoms with Gasteiger partial charge in [0.05, 0.1) is 12.1 Å². The second-order valence-electron chi connectivity index (χ2n) is 5.10. The lowest BCUT2D eigenvalue weighted by atomic mass is 10.0. The molecule has 0 aromatic rings. The Balaban J connectivity index is 1.69. The number of carbonyl (C=O) groups is 1. The van der Waals surface area contributed by atoms with E-state index in [-0.39, 0.29) is 5.91 Å².